The van der Waals surface area contributed by atoms with Gasteiger partial charge in [0.15, 0.2) is 5.16 Å². The molecule has 0 bridgehead atoms. The van der Waals surface area contributed by atoms with Crippen LogP contribution in [0.15, 0.2) is 28.6 Å². The Morgan fingerprint density at radius 2 is 2.00 bits per heavy atom. The summed E-state index contributed by atoms with van der Waals surface area (Å²) in [6.45, 7) is 3.91. The van der Waals surface area contributed by atoms with E-state index in [1.54, 1.807) is 19.4 Å². The fourth-order valence-electron chi connectivity index (χ4n) is 1.21. The van der Waals surface area contributed by atoms with Crippen molar-refractivity contribution in [2.75, 3.05) is 12.4 Å². The molecule has 88 valence electrons. The molecule has 2 aromatic rings. The van der Waals surface area contributed by atoms with Crippen LogP contribution in [0.2, 0.25) is 0 Å². The highest BCUT2D eigenvalue weighted by molar-refractivity contribution is 7.99. The van der Waals surface area contributed by atoms with Crippen LogP contribution in [-0.2, 0) is 0 Å². The number of anilines is 1. The van der Waals surface area contributed by atoms with E-state index >= 15 is 0 Å². The maximum atomic E-state index is 4.38. The van der Waals surface area contributed by atoms with Crippen LogP contribution in [-0.4, -0.2) is 27.0 Å². The first kappa shape index (κ1) is 11.8. The predicted octanol–water partition coefficient (Wildman–Crippen LogP) is 2.08. The van der Waals surface area contributed by atoms with Crippen molar-refractivity contribution in [3.05, 3.63) is 29.7 Å². The molecule has 0 fully saturated rings. The van der Waals surface area contributed by atoms with Crippen molar-refractivity contribution in [3.8, 4) is 0 Å². The lowest BCUT2D eigenvalue weighted by molar-refractivity contribution is 0.921. The second-order valence-corrected chi connectivity index (χ2v) is 4.47. The molecule has 17 heavy (non-hydrogen) atoms. The minimum Gasteiger partial charge on any atom is -0.357 e. The lowest BCUT2D eigenvalue weighted by atomic mass is 10.4. The third-order valence-electron chi connectivity index (χ3n) is 2.11. The van der Waals surface area contributed by atoms with Crippen LogP contribution < -0.4 is 5.32 Å². The first-order valence-corrected chi connectivity index (χ1v) is 5.99. The molecule has 0 radical (unpaired) electrons. The van der Waals surface area contributed by atoms with Gasteiger partial charge in [0.05, 0.1) is 0 Å². The minimum atomic E-state index is 0.603. The highest BCUT2D eigenvalue weighted by Crippen LogP contribution is 2.25. The van der Waals surface area contributed by atoms with Crippen LogP contribution >= 0.6 is 11.8 Å². The van der Waals surface area contributed by atoms with Gasteiger partial charge in [0.2, 0.25) is 5.95 Å². The van der Waals surface area contributed by atoms with Gasteiger partial charge in [-0.3, -0.25) is 0 Å². The summed E-state index contributed by atoms with van der Waals surface area (Å²) >= 11 is 1.44. The Kier molecular flexibility index (Phi) is 3.53. The molecule has 2 heterocycles. The summed E-state index contributed by atoms with van der Waals surface area (Å²) in [6, 6.07) is 1.87. The van der Waals surface area contributed by atoms with E-state index in [1.807, 2.05) is 19.9 Å². The number of hydrogen-bond acceptors (Lipinski definition) is 6. The second-order valence-electron chi connectivity index (χ2n) is 3.51. The van der Waals surface area contributed by atoms with Crippen molar-refractivity contribution in [1.29, 1.82) is 0 Å². The molecule has 6 heteroatoms. The van der Waals surface area contributed by atoms with Gasteiger partial charge in [-0.05, 0) is 31.7 Å². The van der Waals surface area contributed by atoms with E-state index in [2.05, 4.69) is 25.3 Å². The van der Waals surface area contributed by atoms with Gasteiger partial charge < -0.3 is 5.32 Å². The Morgan fingerprint density at radius 3 is 2.71 bits per heavy atom. The Labute approximate surface area is 104 Å². The molecule has 0 aliphatic rings. The number of aromatic nitrogens is 4. The highest BCUT2D eigenvalue weighted by atomic mass is 32.2. The van der Waals surface area contributed by atoms with Crippen LogP contribution in [0.3, 0.4) is 0 Å². The molecule has 0 spiro atoms. The SMILES string of the molecule is CNc1ncc(C)c(Sc2nccc(C)n2)n1. The van der Waals surface area contributed by atoms with Crippen molar-refractivity contribution in [2.45, 2.75) is 24.0 Å². The number of nitrogens with zero attached hydrogens (tertiary/aromatic N) is 4. The normalized spacial score (nSPS) is 10.3. The third kappa shape index (κ3) is 2.91. The molecule has 5 nitrogen and oxygen atoms in total. The van der Waals surface area contributed by atoms with E-state index in [0.717, 1.165) is 16.3 Å². The standard InChI is InChI=1S/C11H13N5S/c1-7-6-14-10(12-3)16-9(7)17-11-13-5-4-8(2)15-11/h4-6H,1-3H3,(H,12,14,16). The number of hydrogen-bond donors (Lipinski definition) is 1. The fourth-order valence-corrected chi connectivity index (χ4v) is 2.03. The van der Waals surface area contributed by atoms with Crippen LogP contribution in [0.25, 0.3) is 0 Å². The average Bonchev–Trinajstić information content (AvgIpc) is 2.32. The minimum absolute atomic E-state index is 0.603. The molecule has 0 aliphatic heterocycles. The Balaban J connectivity index is 2.29. The molecule has 2 rings (SSSR count). The van der Waals surface area contributed by atoms with Crippen molar-refractivity contribution in [3.63, 3.8) is 0 Å². The smallest absolute Gasteiger partial charge is 0.223 e. The molecule has 0 aliphatic carbocycles. The van der Waals surface area contributed by atoms with Crippen LogP contribution in [0.5, 0.6) is 0 Å². The summed E-state index contributed by atoms with van der Waals surface area (Å²) < 4.78 is 0. The van der Waals surface area contributed by atoms with Gasteiger partial charge in [-0.25, -0.2) is 19.9 Å². The number of rotatable bonds is 3. The molecular formula is C11H13N5S. The molecule has 2 aromatic heterocycles. The third-order valence-corrected chi connectivity index (χ3v) is 3.10. The largest absolute Gasteiger partial charge is 0.357 e. The predicted molar refractivity (Wildman–Crippen MR) is 67.2 cm³/mol. The van der Waals surface area contributed by atoms with Gasteiger partial charge in [0, 0.05) is 30.7 Å². The van der Waals surface area contributed by atoms with E-state index in [9.17, 15) is 0 Å². The second kappa shape index (κ2) is 5.09. The zero-order valence-corrected chi connectivity index (χ0v) is 10.7. The van der Waals surface area contributed by atoms with Crippen LogP contribution in [0, 0.1) is 13.8 Å². The van der Waals surface area contributed by atoms with Gasteiger partial charge in [0.1, 0.15) is 5.03 Å². The zero-order valence-electron chi connectivity index (χ0n) is 9.93. The van der Waals surface area contributed by atoms with E-state index in [1.165, 1.54) is 11.8 Å². The summed E-state index contributed by atoms with van der Waals surface area (Å²) in [6.07, 6.45) is 3.54. The molecule has 0 unspecified atom stereocenters. The van der Waals surface area contributed by atoms with Gasteiger partial charge in [0.25, 0.3) is 0 Å². The monoisotopic (exact) mass is 247 g/mol. The molecule has 0 aromatic carbocycles. The van der Waals surface area contributed by atoms with Crippen molar-refractivity contribution < 1.29 is 0 Å². The van der Waals surface area contributed by atoms with Gasteiger partial charge >= 0.3 is 0 Å². The lowest BCUT2D eigenvalue weighted by Gasteiger charge is -2.05. The number of aryl methyl sites for hydroxylation is 2. The Hall–Kier alpha value is -1.69. The molecule has 0 amide bonds. The summed E-state index contributed by atoms with van der Waals surface area (Å²) in [5.74, 6) is 0.603. The van der Waals surface area contributed by atoms with E-state index < -0.39 is 0 Å². The van der Waals surface area contributed by atoms with Crippen LogP contribution in [0.4, 0.5) is 5.95 Å². The van der Waals surface area contributed by atoms with Crippen LogP contribution in [0.1, 0.15) is 11.3 Å². The van der Waals surface area contributed by atoms with E-state index in [0.29, 0.717) is 11.1 Å². The summed E-state index contributed by atoms with van der Waals surface area (Å²) in [5, 5.41) is 4.49. The summed E-state index contributed by atoms with van der Waals surface area (Å²) in [7, 11) is 1.79. The average molecular weight is 247 g/mol. The van der Waals surface area contributed by atoms with Crippen molar-refractivity contribution >= 4 is 17.7 Å². The Bertz CT molecular complexity index is 529. The van der Waals surface area contributed by atoms with Gasteiger partial charge in [-0.15, -0.1) is 0 Å². The van der Waals surface area contributed by atoms with Crippen molar-refractivity contribution in [2.24, 2.45) is 0 Å². The quantitative estimate of drug-likeness (QED) is 0.661. The molecular weight excluding hydrogens is 234 g/mol. The maximum Gasteiger partial charge on any atom is 0.223 e. The van der Waals surface area contributed by atoms with Gasteiger partial charge in [-0.2, -0.15) is 0 Å². The topological polar surface area (TPSA) is 63.6 Å². The summed E-state index contributed by atoms with van der Waals surface area (Å²) in [5.41, 5.74) is 1.96. The lowest BCUT2D eigenvalue weighted by Crippen LogP contribution is -1.99. The fraction of sp³-hybridized carbons (Fsp3) is 0.273. The molecule has 0 saturated carbocycles. The summed E-state index contributed by atoms with van der Waals surface area (Å²) in [4.78, 5) is 17.1. The first-order valence-electron chi connectivity index (χ1n) is 5.18. The van der Waals surface area contributed by atoms with Crippen molar-refractivity contribution in [1.82, 2.24) is 19.9 Å². The zero-order chi connectivity index (χ0) is 12.3. The molecule has 0 atom stereocenters. The molecule has 0 saturated heterocycles. The van der Waals surface area contributed by atoms with E-state index in [4.69, 9.17) is 0 Å². The number of nitrogens with one attached hydrogen (secondary N) is 1. The Morgan fingerprint density at radius 1 is 1.18 bits per heavy atom. The maximum absolute atomic E-state index is 4.38. The van der Waals surface area contributed by atoms with Gasteiger partial charge in [-0.1, -0.05) is 0 Å². The first-order chi connectivity index (χ1) is 8.19. The van der Waals surface area contributed by atoms with E-state index in [-0.39, 0.29) is 0 Å². The highest BCUT2D eigenvalue weighted by Gasteiger charge is 2.07. The molecule has 1 N–H and O–H groups in total.